The van der Waals surface area contributed by atoms with Crippen LogP contribution in [0.4, 0.5) is 0 Å². The molecule has 1 fully saturated rings. The maximum atomic E-state index is 12.6. The topological polar surface area (TPSA) is 42.9 Å². The third kappa shape index (κ3) is 2.79. The average molecular weight is 266 g/mol. The zero-order valence-corrected chi connectivity index (χ0v) is 12.3. The minimum atomic E-state index is 0.212. The van der Waals surface area contributed by atoms with Crippen LogP contribution >= 0.6 is 11.5 Å². The van der Waals surface area contributed by atoms with Crippen LogP contribution in [0.1, 0.15) is 74.2 Å². The number of carbonyl (C=O) groups is 1. The monoisotopic (exact) mass is 266 g/mol. The van der Waals surface area contributed by atoms with Crippen LogP contribution in [0.15, 0.2) is 0 Å². The molecule has 4 heteroatoms. The van der Waals surface area contributed by atoms with Crippen molar-refractivity contribution in [2.45, 2.75) is 58.8 Å². The first-order valence-corrected chi connectivity index (χ1v) is 7.77. The Bertz CT molecular complexity index is 414. The molecule has 0 amide bonds. The van der Waals surface area contributed by atoms with Crippen molar-refractivity contribution in [2.24, 2.45) is 11.8 Å². The van der Waals surface area contributed by atoms with Gasteiger partial charge in [-0.15, -0.1) is 5.10 Å². The van der Waals surface area contributed by atoms with Crippen LogP contribution < -0.4 is 0 Å². The summed E-state index contributed by atoms with van der Waals surface area (Å²) in [5.74, 6) is 1.53. The highest BCUT2D eigenvalue weighted by Crippen LogP contribution is 2.34. The zero-order chi connectivity index (χ0) is 13.1. The lowest BCUT2D eigenvalue weighted by molar-refractivity contribution is 0.0865. The van der Waals surface area contributed by atoms with Gasteiger partial charge in [-0.25, -0.2) is 0 Å². The van der Waals surface area contributed by atoms with E-state index in [1.165, 1.54) is 30.8 Å². The van der Waals surface area contributed by atoms with Crippen LogP contribution in [0.5, 0.6) is 0 Å². The summed E-state index contributed by atoms with van der Waals surface area (Å²) < 4.78 is 3.97. The Morgan fingerprint density at radius 2 is 2.22 bits per heavy atom. The van der Waals surface area contributed by atoms with E-state index >= 15 is 0 Å². The standard InChI is InChI=1S/C14H22N2OS/c1-4-10-6-5-7-11(8-10)13(17)14-12(9(2)3)15-16-18-14/h9-11H,4-8H2,1-3H3. The normalized spacial score (nSPS) is 24.4. The average Bonchev–Trinajstić information content (AvgIpc) is 2.87. The molecule has 0 spiro atoms. The van der Waals surface area contributed by atoms with Gasteiger partial charge in [0.1, 0.15) is 4.88 Å². The summed E-state index contributed by atoms with van der Waals surface area (Å²) >= 11 is 1.28. The second kappa shape index (κ2) is 5.91. The number of hydrogen-bond donors (Lipinski definition) is 0. The summed E-state index contributed by atoms with van der Waals surface area (Å²) in [4.78, 5) is 13.4. The van der Waals surface area contributed by atoms with Gasteiger partial charge in [0, 0.05) is 5.92 Å². The largest absolute Gasteiger partial charge is 0.293 e. The number of hydrogen-bond acceptors (Lipinski definition) is 4. The number of carbonyl (C=O) groups excluding carboxylic acids is 1. The van der Waals surface area contributed by atoms with Gasteiger partial charge in [-0.3, -0.25) is 4.79 Å². The summed E-state index contributed by atoms with van der Waals surface area (Å²) in [5, 5.41) is 4.12. The fourth-order valence-corrected chi connectivity index (χ4v) is 3.67. The molecule has 2 rings (SSSR count). The van der Waals surface area contributed by atoms with Crippen molar-refractivity contribution in [3.63, 3.8) is 0 Å². The molecule has 1 aliphatic rings. The summed E-state index contributed by atoms with van der Waals surface area (Å²) in [6, 6.07) is 0. The van der Waals surface area contributed by atoms with Gasteiger partial charge in [0.15, 0.2) is 5.78 Å². The first-order valence-electron chi connectivity index (χ1n) is 6.99. The smallest absolute Gasteiger partial charge is 0.179 e. The van der Waals surface area contributed by atoms with Crippen LogP contribution in [0.25, 0.3) is 0 Å². The van der Waals surface area contributed by atoms with E-state index in [0.717, 1.165) is 29.3 Å². The molecule has 0 bridgehead atoms. The molecule has 1 aromatic rings. The lowest BCUT2D eigenvalue weighted by Crippen LogP contribution is -2.23. The molecule has 2 unspecified atom stereocenters. The van der Waals surface area contributed by atoms with Crippen LogP contribution in [-0.4, -0.2) is 15.4 Å². The van der Waals surface area contributed by atoms with Gasteiger partial charge < -0.3 is 0 Å². The number of ketones is 1. The van der Waals surface area contributed by atoms with E-state index in [0.29, 0.717) is 5.78 Å². The predicted molar refractivity (Wildman–Crippen MR) is 74.1 cm³/mol. The second-order valence-corrected chi connectivity index (χ2v) is 6.40. The first kappa shape index (κ1) is 13.7. The van der Waals surface area contributed by atoms with E-state index in [-0.39, 0.29) is 11.8 Å². The minimum absolute atomic E-state index is 0.212. The number of Topliss-reactive ketones (excluding diaryl/α,β-unsaturated/α-hetero) is 1. The van der Waals surface area contributed by atoms with E-state index < -0.39 is 0 Å². The van der Waals surface area contributed by atoms with Gasteiger partial charge in [0.25, 0.3) is 0 Å². The Labute approximate surface area is 113 Å². The van der Waals surface area contributed by atoms with E-state index in [4.69, 9.17) is 0 Å². The van der Waals surface area contributed by atoms with Crippen molar-refractivity contribution in [3.05, 3.63) is 10.6 Å². The zero-order valence-electron chi connectivity index (χ0n) is 11.5. The van der Waals surface area contributed by atoms with Crippen molar-refractivity contribution in [2.75, 3.05) is 0 Å². The molecule has 2 atom stereocenters. The Balaban J connectivity index is 2.13. The Hall–Kier alpha value is -0.770. The van der Waals surface area contributed by atoms with Crippen LogP contribution in [0.3, 0.4) is 0 Å². The van der Waals surface area contributed by atoms with Gasteiger partial charge in [-0.05, 0) is 36.2 Å². The Morgan fingerprint density at radius 3 is 2.89 bits per heavy atom. The van der Waals surface area contributed by atoms with Crippen molar-refractivity contribution in [3.8, 4) is 0 Å². The highest BCUT2D eigenvalue weighted by Gasteiger charge is 2.30. The molecule has 1 saturated carbocycles. The van der Waals surface area contributed by atoms with Crippen molar-refractivity contribution in [1.29, 1.82) is 0 Å². The fraction of sp³-hybridized carbons (Fsp3) is 0.786. The minimum Gasteiger partial charge on any atom is -0.293 e. The molecule has 0 saturated heterocycles. The quantitative estimate of drug-likeness (QED) is 0.772. The Morgan fingerprint density at radius 1 is 1.44 bits per heavy atom. The molecule has 100 valence electrons. The number of rotatable bonds is 4. The fourth-order valence-electron chi connectivity index (χ4n) is 2.83. The van der Waals surface area contributed by atoms with Crippen LogP contribution in [0, 0.1) is 11.8 Å². The second-order valence-electron chi connectivity index (χ2n) is 5.64. The van der Waals surface area contributed by atoms with E-state index in [1.807, 2.05) is 0 Å². The summed E-state index contributed by atoms with van der Waals surface area (Å²) in [6.45, 7) is 6.37. The lowest BCUT2D eigenvalue weighted by Gasteiger charge is -2.27. The number of nitrogens with zero attached hydrogens (tertiary/aromatic N) is 2. The third-order valence-electron chi connectivity index (χ3n) is 4.01. The molecule has 3 nitrogen and oxygen atoms in total. The van der Waals surface area contributed by atoms with Crippen LogP contribution in [-0.2, 0) is 0 Å². The molecule has 1 aromatic heterocycles. The molecule has 0 aromatic carbocycles. The van der Waals surface area contributed by atoms with E-state index in [1.54, 1.807) is 0 Å². The van der Waals surface area contributed by atoms with E-state index in [2.05, 4.69) is 30.4 Å². The van der Waals surface area contributed by atoms with Crippen molar-refractivity contribution < 1.29 is 4.79 Å². The molecule has 1 aliphatic carbocycles. The molecule has 0 N–H and O–H groups in total. The molecule has 0 radical (unpaired) electrons. The van der Waals surface area contributed by atoms with Gasteiger partial charge in [-0.1, -0.05) is 44.5 Å². The number of aromatic nitrogens is 2. The van der Waals surface area contributed by atoms with Gasteiger partial charge in [0.05, 0.1) is 5.69 Å². The summed E-state index contributed by atoms with van der Waals surface area (Å²) in [5.41, 5.74) is 0.892. The Kier molecular flexibility index (Phi) is 4.49. The van der Waals surface area contributed by atoms with Gasteiger partial charge in [-0.2, -0.15) is 0 Å². The van der Waals surface area contributed by atoms with Crippen molar-refractivity contribution >= 4 is 17.3 Å². The lowest BCUT2D eigenvalue weighted by atomic mass is 9.78. The molecular weight excluding hydrogens is 244 g/mol. The highest BCUT2D eigenvalue weighted by atomic mass is 32.1. The van der Waals surface area contributed by atoms with E-state index in [9.17, 15) is 4.79 Å². The molecular formula is C14H22N2OS. The first-order chi connectivity index (χ1) is 8.63. The summed E-state index contributed by atoms with van der Waals surface area (Å²) in [6.07, 6.45) is 5.79. The van der Waals surface area contributed by atoms with Gasteiger partial charge in [0.2, 0.25) is 0 Å². The third-order valence-corrected chi connectivity index (χ3v) is 4.77. The predicted octanol–water partition coefficient (Wildman–Crippen LogP) is 4.06. The maximum absolute atomic E-state index is 12.6. The molecule has 0 aliphatic heterocycles. The molecule has 18 heavy (non-hydrogen) atoms. The van der Waals surface area contributed by atoms with Crippen molar-refractivity contribution in [1.82, 2.24) is 9.59 Å². The highest BCUT2D eigenvalue weighted by molar-refractivity contribution is 7.08. The van der Waals surface area contributed by atoms with Crippen LogP contribution in [0.2, 0.25) is 0 Å². The van der Waals surface area contributed by atoms with Gasteiger partial charge >= 0.3 is 0 Å². The molecule has 1 heterocycles. The summed E-state index contributed by atoms with van der Waals surface area (Å²) in [7, 11) is 0. The maximum Gasteiger partial charge on any atom is 0.179 e. The SMILES string of the molecule is CCC1CCCC(C(=O)c2snnc2C(C)C)C1.